The van der Waals surface area contributed by atoms with E-state index in [-0.39, 0.29) is 11.7 Å². The molecule has 0 saturated carbocycles. The van der Waals surface area contributed by atoms with Crippen LogP contribution in [-0.4, -0.2) is 27.3 Å². The SMILES string of the molecule is CC(=O)N1CCc2nc(Nc3ccccc3)nc(-c3ccc(F)cc3)c2C1. The normalized spacial score (nSPS) is 13.2. The van der Waals surface area contributed by atoms with Crippen LogP contribution in [0.4, 0.5) is 16.0 Å². The lowest BCUT2D eigenvalue weighted by Crippen LogP contribution is -2.35. The van der Waals surface area contributed by atoms with Crippen molar-refractivity contribution >= 4 is 17.5 Å². The second-order valence-corrected chi connectivity index (χ2v) is 6.51. The molecule has 0 aliphatic carbocycles. The van der Waals surface area contributed by atoms with Gasteiger partial charge < -0.3 is 10.2 Å². The van der Waals surface area contributed by atoms with Gasteiger partial charge in [-0.05, 0) is 36.4 Å². The number of carbonyl (C=O) groups is 1. The smallest absolute Gasteiger partial charge is 0.228 e. The summed E-state index contributed by atoms with van der Waals surface area (Å²) < 4.78 is 13.4. The van der Waals surface area contributed by atoms with Crippen molar-refractivity contribution in [3.63, 3.8) is 0 Å². The quantitative estimate of drug-likeness (QED) is 0.767. The summed E-state index contributed by atoms with van der Waals surface area (Å²) in [6.45, 7) is 2.66. The molecule has 1 amide bonds. The number of fused-ring (bicyclic) bond motifs is 1. The molecule has 1 aromatic heterocycles. The molecule has 0 fully saturated rings. The van der Waals surface area contributed by atoms with E-state index >= 15 is 0 Å². The molecule has 136 valence electrons. The monoisotopic (exact) mass is 362 g/mol. The molecule has 2 aromatic carbocycles. The Bertz CT molecular complexity index is 973. The fourth-order valence-electron chi connectivity index (χ4n) is 3.24. The average Bonchev–Trinajstić information content (AvgIpc) is 2.68. The van der Waals surface area contributed by atoms with Crippen molar-refractivity contribution in [2.45, 2.75) is 19.9 Å². The number of rotatable bonds is 3. The molecule has 1 aliphatic heterocycles. The van der Waals surface area contributed by atoms with Crippen LogP contribution >= 0.6 is 0 Å². The standard InChI is InChI=1S/C21H19FN4O/c1-14(27)26-12-11-19-18(13-26)20(15-7-9-16(22)10-8-15)25-21(24-19)23-17-5-3-2-4-6-17/h2-10H,11-13H2,1H3,(H,23,24,25). The number of benzene rings is 2. The van der Waals surface area contributed by atoms with Gasteiger partial charge in [0.15, 0.2) is 0 Å². The maximum atomic E-state index is 13.4. The Balaban J connectivity index is 1.79. The number of amides is 1. The molecule has 0 bridgehead atoms. The number of hydrogen-bond acceptors (Lipinski definition) is 4. The number of halogens is 1. The minimum absolute atomic E-state index is 0.0252. The van der Waals surface area contributed by atoms with Crippen molar-refractivity contribution in [1.29, 1.82) is 0 Å². The van der Waals surface area contributed by atoms with Gasteiger partial charge in [0.2, 0.25) is 11.9 Å². The first-order valence-corrected chi connectivity index (χ1v) is 8.83. The van der Waals surface area contributed by atoms with E-state index in [1.807, 2.05) is 30.3 Å². The molecule has 1 aliphatic rings. The molecule has 0 saturated heterocycles. The van der Waals surface area contributed by atoms with Gasteiger partial charge in [0.25, 0.3) is 0 Å². The largest absolute Gasteiger partial charge is 0.338 e. The molecule has 27 heavy (non-hydrogen) atoms. The predicted octanol–water partition coefficient (Wildman–Crippen LogP) is 3.93. The highest BCUT2D eigenvalue weighted by molar-refractivity contribution is 5.75. The molecule has 0 atom stereocenters. The van der Waals surface area contributed by atoms with Crippen LogP contribution in [0.3, 0.4) is 0 Å². The fourth-order valence-corrected chi connectivity index (χ4v) is 3.24. The van der Waals surface area contributed by atoms with Crippen molar-refractivity contribution in [3.05, 3.63) is 71.7 Å². The van der Waals surface area contributed by atoms with Gasteiger partial charge in [0, 0.05) is 43.2 Å². The maximum Gasteiger partial charge on any atom is 0.228 e. The average molecular weight is 362 g/mol. The van der Waals surface area contributed by atoms with Gasteiger partial charge in [-0.1, -0.05) is 18.2 Å². The van der Waals surface area contributed by atoms with Gasteiger partial charge in [0.1, 0.15) is 5.82 Å². The first-order chi connectivity index (χ1) is 13.1. The van der Waals surface area contributed by atoms with Crippen LogP contribution in [-0.2, 0) is 17.8 Å². The second-order valence-electron chi connectivity index (χ2n) is 6.51. The van der Waals surface area contributed by atoms with E-state index in [1.165, 1.54) is 12.1 Å². The zero-order valence-corrected chi connectivity index (χ0v) is 14.9. The van der Waals surface area contributed by atoms with E-state index in [1.54, 1.807) is 24.0 Å². The number of aromatic nitrogens is 2. The summed E-state index contributed by atoms with van der Waals surface area (Å²) in [5, 5.41) is 3.23. The van der Waals surface area contributed by atoms with E-state index in [2.05, 4.69) is 10.3 Å². The third-order valence-electron chi connectivity index (χ3n) is 4.65. The van der Waals surface area contributed by atoms with Crippen molar-refractivity contribution in [2.75, 3.05) is 11.9 Å². The number of nitrogens with zero attached hydrogens (tertiary/aromatic N) is 3. The molecule has 3 aromatic rings. The summed E-state index contributed by atoms with van der Waals surface area (Å²) in [7, 11) is 0. The number of para-hydroxylation sites is 1. The number of hydrogen-bond donors (Lipinski definition) is 1. The van der Waals surface area contributed by atoms with E-state index < -0.39 is 0 Å². The van der Waals surface area contributed by atoms with Crippen LogP contribution in [0.15, 0.2) is 54.6 Å². The Hall–Kier alpha value is -3.28. The van der Waals surface area contributed by atoms with Crippen LogP contribution in [0.2, 0.25) is 0 Å². The van der Waals surface area contributed by atoms with Crippen LogP contribution in [0.5, 0.6) is 0 Å². The summed E-state index contributed by atoms with van der Waals surface area (Å²) in [4.78, 5) is 23.0. The molecule has 2 heterocycles. The lowest BCUT2D eigenvalue weighted by Gasteiger charge is -2.29. The Morgan fingerprint density at radius 2 is 1.81 bits per heavy atom. The number of carbonyl (C=O) groups excluding carboxylic acids is 1. The second kappa shape index (κ2) is 7.15. The summed E-state index contributed by atoms with van der Waals surface area (Å²) in [6, 6.07) is 15.9. The van der Waals surface area contributed by atoms with Crippen LogP contribution in [0, 0.1) is 5.82 Å². The molecule has 4 rings (SSSR count). The summed E-state index contributed by atoms with van der Waals surface area (Å²) >= 11 is 0. The first-order valence-electron chi connectivity index (χ1n) is 8.83. The molecule has 5 nitrogen and oxygen atoms in total. The minimum atomic E-state index is -0.297. The Kier molecular flexibility index (Phi) is 4.54. The molecular weight excluding hydrogens is 343 g/mol. The van der Waals surface area contributed by atoms with Crippen LogP contribution in [0.1, 0.15) is 18.2 Å². The summed E-state index contributed by atoms with van der Waals surface area (Å²) in [5.74, 6) is 0.224. The summed E-state index contributed by atoms with van der Waals surface area (Å²) in [6.07, 6.45) is 0.662. The zero-order valence-electron chi connectivity index (χ0n) is 14.9. The zero-order chi connectivity index (χ0) is 18.8. The van der Waals surface area contributed by atoms with Gasteiger partial charge in [0.05, 0.1) is 11.4 Å². The molecule has 0 radical (unpaired) electrons. The van der Waals surface area contributed by atoms with Crippen LogP contribution in [0.25, 0.3) is 11.3 Å². The number of anilines is 2. The van der Waals surface area contributed by atoms with Gasteiger partial charge in [-0.15, -0.1) is 0 Å². The lowest BCUT2D eigenvalue weighted by atomic mass is 9.99. The highest BCUT2D eigenvalue weighted by Crippen LogP contribution is 2.30. The maximum absolute atomic E-state index is 13.4. The fraction of sp³-hybridized carbons (Fsp3) is 0.190. The van der Waals surface area contributed by atoms with Gasteiger partial charge in [-0.3, -0.25) is 4.79 Å². The van der Waals surface area contributed by atoms with E-state index in [9.17, 15) is 9.18 Å². The summed E-state index contributed by atoms with van der Waals surface area (Å²) in [5.41, 5.74) is 4.26. The Morgan fingerprint density at radius 1 is 1.07 bits per heavy atom. The van der Waals surface area contributed by atoms with Gasteiger partial charge >= 0.3 is 0 Å². The van der Waals surface area contributed by atoms with Crippen molar-refractivity contribution in [2.24, 2.45) is 0 Å². The minimum Gasteiger partial charge on any atom is -0.338 e. The molecule has 0 unspecified atom stereocenters. The Morgan fingerprint density at radius 3 is 2.52 bits per heavy atom. The number of nitrogens with one attached hydrogen (secondary N) is 1. The lowest BCUT2D eigenvalue weighted by molar-refractivity contribution is -0.129. The third kappa shape index (κ3) is 3.65. The highest BCUT2D eigenvalue weighted by atomic mass is 19.1. The van der Waals surface area contributed by atoms with E-state index in [4.69, 9.17) is 4.98 Å². The topological polar surface area (TPSA) is 58.1 Å². The van der Waals surface area contributed by atoms with Gasteiger partial charge in [-0.25, -0.2) is 14.4 Å². The van der Waals surface area contributed by atoms with E-state index in [0.717, 1.165) is 28.2 Å². The van der Waals surface area contributed by atoms with Crippen LogP contribution < -0.4 is 5.32 Å². The first kappa shape index (κ1) is 17.1. The van der Waals surface area contributed by atoms with Gasteiger partial charge in [-0.2, -0.15) is 0 Å². The Labute approximate surface area is 156 Å². The molecule has 6 heteroatoms. The highest BCUT2D eigenvalue weighted by Gasteiger charge is 2.24. The van der Waals surface area contributed by atoms with Crippen molar-refractivity contribution < 1.29 is 9.18 Å². The van der Waals surface area contributed by atoms with E-state index in [0.29, 0.717) is 25.5 Å². The third-order valence-corrected chi connectivity index (χ3v) is 4.65. The molecule has 1 N–H and O–H groups in total. The van der Waals surface area contributed by atoms with Crippen molar-refractivity contribution in [1.82, 2.24) is 14.9 Å². The predicted molar refractivity (Wildman–Crippen MR) is 102 cm³/mol. The molecule has 0 spiro atoms. The molecular formula is C21H19FN4O. The van der Waals surface area contributed by atoms with Crippen molar-refractivity contribution in [3.8, 4) is 11.3 Å².